The van der Waals surface area contributed by atoms with Crippen molar-refractivity contribution in [2.24, 2.45) is 0 Å². The van der Waals surface area contributed by atoms with Gasteiger partial charge in [-0.05, 0) is 30.3 Å². The molecule has 4 atom stereocenters. The first-order valence-electron chi connectivity index (χ1n) is 8.51. The maximum absolute atomic E-state index is 13.1. The van der Waals surface area contributed by atoms with Crippen LogP contribution in [0, 0.1) is 17.7 Å². The van der Waals surface area contributed by atoms with Gasteiger partial charge in [0.2, 0.25) is 0 Å². The minimum Gasteiger partial charge on any atom is -0.394 e. The molecule has 28 heavy (non-hydrogen) atoms. The second-order valence-electron chi connectivity index (χ2n) is 6.40. The first kappa shape index (κ1) is 18.3. The standard InChI is InChI=1S/C19H17FN4O4/c20-12-5-2-10(3-6-12)1-4-11-7-13(24-15(11)19(21)22-9-23-24)18-17(27)16(26)14(8-25)28-18/h2-3,5-7,9,14,16-18,25-27H,8H2,(H2,21,22,23)/t14-,16-,17-,18+/m1/s1. The Hall–Kier alpha value is -3.03. The SMILES string of the molecule is Nc1ncnn2c([C@@H]3O[C@H](CO)[C@@H](O)[C@H]3O)cc(C#Cc3ccc(F)cc3)c12. The van der Waals surface area contributed by atoms with E-state index in [0.29, 0.717) is 22.3 Å². The van der Waals surface area contributed by atoms with Gasteiger partial charge in [0.15, 0.2) is 5.82 Å². The molecule has 3 heterocycles. The van der Waals surface area contributed by atoms with Gasteiger partial charge in [-0.3, -0.25) is 0 Å². The molecule has 0 amide bonds. The van der Waals surface area contributed by atoms with E-state index in [-0.39, 0.29) is 11.6 Å². The fraction of sp³-hybridized carbons (Fsp3) is 0.263. The summed E-state index contributed by atoms with van der Waals surface area (Å²) < 4.78 is 20.1. The zero-order chi connectivity index (χ0) is 19.8. The fourth-order valence-electron chi connectivity index (χ4n) is 3.21. The van der Waals surface area contributed by atoms with E-state index in [0.717, 1.165) is 0 Å². The Kier molecular flexibility index (Phi) is 4.70. The summed E-state index contributed by atoms with van der Waals surface area (Å²) in [5, 5.41) is 33.8. The Bertz CT molecular complexity index is 1070. The van der Waals surface area contributed by atoms with Gasteiger partial charge >= 0.3 is 0 Å². The van der Waals surface area contributed by atoms with Gasteiger partial charge in [-0.1, -0.05) is 11.8 Å². The van der Waals surface area contributed by atoms with E-state index < -0.39 is 31.0 Å². The minimum atomic E-state index is -1.26. The van der Waals surface area contributed by atoms with Crippen molar-refractivity contribution in [2.75, 3.05) is 12.3 Å². The molecule has 0 radical (unpaired) electrons. The summed E-state index contributed by atoms with van der Waals surface area (Å²) in [5.41, 5.74) is 7.91. The molecule has 4 rings (SSSR count). The Morgan fingerprint density at radius 1 is 1.18 bits per heavy atom. The number of aliphatic hydroxyl groups is 3. The first-order chi connectivity index (χ1) is 13.5. The number of ether oxygens (including phenoxy) is 1. The van der Waals surface area contributed by atoms with Gasteiger partial charge in [-0.15, -0.1) is 0 Å². The molecule has 1 aliphatic rings. The monoisotopic (exact) mass is 384 g/mol. The topological polar surface area (TPSA) is 126 Å². The van der Waals surface area contributed by atoms with Gasteiger partial charge in [0, 0.05) is 5.56 Å². The van der Waals surface area contributed by atoms with E-state index in [1.54, 1.807) is 18.2 Å². The van der Waals surface area contributed by atoms with Gasteiger partial charge in [-0.2, -0.15) is 5.10 Å². The number of halogens is 1. The normalized spacial score (nSPS) is 24.3. The summed E-state index contributed by atoms with van der Waals surface area (Å²) >= 11 is 0. The van der Waals surface area contributed by atoms with Crippen LogP contribution >= 0.6 is 0 Å². The molecule has 0 saturated carbocycles. The highest BCUT2D eigenvalue weighted by molar-refractivity contribution is 5.75. The number of fused-ring (bicyclic) bond motifs is 1. The average Bonchev–Trinajstić information content (AvgIpc) is 3.20. The Balaban J connectivity index is 1.80. The molecule has 5 N–H and O–H groups in total. The predicted molar refractivity (Wildman–Crippen MR) is 96.5 cm³/mol. The van der Waals surface area contributed by atoms with Crippen molar-refractivity contribution in [1.29, 1.82) is 0 Å². The molecule has 1 fully saturated rings. The Labute approximate surface area is 159 Å². The third-order valence-corrected chi connectivity index (χ3v) is 4.63. The summed E-state index contributed by atoms with van der Waals surface area (Å²) in [6.07, 6.45) is -3.10. The molecule has 0 bridgehead atoms. The number of benzene rings is 1. The van der Waals surface area contributed by atoms with Crippen molar-refractivity contribution >= 4 is 11.3 Å². The molecule has 8 nitrogen and oxygen atoms in total. The number of aliphatic hydroxyl groups excluding tert-OH is 3. The molecule has 0 aliphatic carbocycles. The number of nitrogens with zero attached hydrogens (tertiary/aromatic N) is 3. The van der Waals surface area contributed by atoms with E-state index in [1.807, 2.05) is 0 Å². The van der Waals surface area contributed by atoms with Crippen LogP contribution in [0.5, 0.6) is 0 Å². The molecular formula is C19H17FN4O4. The smallest absolute Gasteiger partial charge is 0.152 e. The van der Waals surface area contributed by atoms with Gasteiger partial charge in [0.1, 0.15) is 42.1 Å². The zero-order valence-electron chi connectivity index (χ0n) is 14.5. The van der Waals surface area contributed by atoms with E-state index >= 15 is 0 Å². The number of hydrogen-bond donors (Lipinski definition) is 4. The minimum absolute atomic E-state index is 0.177. The average molecular weight is 384 g/mol. The Morgan fingerprint density at radius 3 is 2.61 bits per heavy atom. The molecular weight excluding hydrogens is 367 g/mol. The van der Waals surface area contributed by atoms with Crippen molar-refractivity contribution < 1.29 is 24.4 Å². The van der Waals surface area contributed by atoms with Crippen molar-refractivity contribution in [3.05, 3.63) is 59.3 Å². The number of aromatic nitrogens is 3. The van der Waals surface area contributed by atoms with Gasteiger partial charge in [0.25, 0.3) is 0 Å². The summed E-state index contributed by atoms with van der Waals surface area (Å²) in [7, 11) is 0. The lowest BCUT2D eigenvalue weighted by Gasteiger charge is -2.14. The molecule has 144 valence electrons. The van der Waals surface area contributed by atoms with E-state index in [4.69, 9.17) is 10.5 Å². The van der Waals surface area contributed by atoms with Crippen molar-refractivity contribution in [1.82, 2.24) is 14.6 Å². The van der Waals surface area contributed by atoms with Crippen LogP contribution in [-0.2, 0) is 4.74 Å². The van der Waals surface area contributed by atoms with Gasteiger partial charge in [-0.25, -0.2) is 13.9 Å². The quantitative estimate of drug-likeness (QED) is 0.458. The van der Waals surface area contributed by atoms with E-state index in [9.17, 15) is 19.7 Å². The maximum atomic E-state index is 13.1. The molecule has 1 saturated heterocycles. The zero-order valence-corrected chi connectivity index (χ0v) is 14.5. The third-order valence-electron chi connectivity index (χ3n) is 4.63. The van der Waals surface area contributed by atoms with Crippen LogP contribution in [0.4, 0.5) is 10.2 Å². The van der Waals surface area contributed by atoms with Crippen LogP contribution in [0.3, 0.4) is 0 Å². The van der Waals surface area contributed by atoms with E-state index in [2.05, 4.69) is 21.9 Å². The fourth-order valence-corrected chi connectivity index (χ4v) is 3.21. The van der Waals surface area contributed by atoms with Crippen molar-refractivity contribution in [3.8, 4) is 11.8 Å². The van der Waals surface area contributed by atoms with Crippen LogP contribution in [0.1, 0.15) is 22.9 Å². The first-order valence-corrected chi connectivity index (χ1v) is 8.51. The van der Waals surface area contributed by atoms with Gasteiger partial charge < -0.3 is 25.8 Å². The number of rotatable bonds is 2. The lowest BCUT2D eigenvalue weighted by molar-refractivity contribution is -0.0244. The highest BCUT2D eigenvalue weighted by Crippen LogP contribution is 2.35. The lowest BCUT2D eigenvalue weighted by atomic mass is 10.1. The summed E-state index contributed by atoms with van der Waals surface area (Å²) in [6.45, 7) is -0.438. The molecule has 1 aliphatic heterocycles. The number of anilines is 1. The van der Waals surface area contributed by atoms with Gasteiger partial charge in [0.05, 0.1) is 17.9 Å². The van der Waals surface area contributed by atoms with E-state index in [1.165, 1.54) is 23.0 Å². The summed E-state index contributed by atoms with van der Waals surface area (Å²) in [6, 6.07) is 7.35. The lowest BCUT2D eigenvalue weighted by Crippen LogP contribution is -2.32. The second kappa shape index (κ2) is 7.18. The summed E-state index contributed by atoms with van der Waals surface area (Å²) in [5.74, 6) is 5.69. The molecule has 0 unspecified atom stereocenters. The largest absolute Gasteiger partial charge is 0.394 e. The van der Waals surface area contributed by atoms with Crippen LogP contribution in [-0.4, -0.2) is 54.8 Å². The van der Waals surface area contributed by atoms with Crippen LogP contribution < -0.4 is 5.73 Å². The Morgan fingerprint density at radius 2 is 1.93 bits per heavy atom. The number of nitrogens with two attached hydrogens (primary N) is 1. The van der Waals surface area contributed by atoms with Crippen LogP contribution in [0.25, 0.3) is 5.52 Å². The molecule has 1 aromatic carbocycles. The van der Waals surface area contributed by atoms with Crippen molar-refractivity contribution in [2.45, 2.75) is 24.4 Å². The number of hydrogen-bond acceptors (Lipinski definition) is 7. The highest BCUT2D eigenvalue weighted by Gasteiger charge is 2.44. The highest BCUT2D eigenvalue weighted by atomic mass is 19.1. The second-order valence-corrected chi connectivity index (χ2v) is 6.40. The molecule has 0 spiro atoms. The van der Waals surface area contributed by atoms with Crippen LogP contribution in [0.2, 0.25) is 0 Å². The predicted octanol–water partition coefficient (Wildman–Crippen LogP) is 0.00440. The molecule has 9 heteroatoms. The van der Waals surface area contributed by atoms with Crippen molar-refractivity contribution in [3.63, 3.8) is 0 Å². The molecule has 2 aromatic heterocycles. The maximum Gasteiger partial charge on any atom is 0.152 e. The third kappa shape index (κ3) is 3.08. The number of nitrogen functional groups attached to an aromatic ring is 1. The molecule has 3 aromatic rings. The van der Waals surface area contributed by atoms with Crippen LogP contribution in [0.15, 0.2) is 36.7 Å². The summed E-state index contributed by atoms with van der Waals surface area (Å²) in [4.78, 5) is 3.98.